The molecule has 1 amide bonds. The first kappa shape index (κ1) is 16.0. The van der Waals surface area contributed by atoms with Crippen LogP contribution >= 0.6 is 0 Å². The maximum Gasteiger partial charge on any atom is 0.257 e. The highest BCUT2D eigenvalue weighted by atomic mass is 16.1. The van der Waals surface area contributed by atoms with Crippen LogP contribution < -0.4 is 10.2 Å². The average Bonchev–Trinajstić information content (AvgIpc) is 2.54. The van der Waals surface area contributed by atoms with Gasteiger partial charge in [-0.3, -0.25) is 9.78 Å². The summed E-state index contributed by atoms with van der Waals surface area (Å²) in [5.41, 5.74) is 5.27. The number of pyridine rings is 1. The van der Waals surface area contributed by atoms with Gasteiger partial charge in [-0.05, 0) is 55.8 Å². The first-order chi connectivity index (χ1) is 11.4. The minimum Gasteiger partial charge on any atom is -0.378 e. The molecule has 0 fully saturated rings. The molecule has 0 aliphatic rings. The van der Waals surface area contributed by atoms with E-state index in [1.54, 1.807) is 0 Å². The highest BCUT2D eigenvalue weighted by molar-refractivity contribution is 6.06. The summed E-state index contributed by atoms with van der Waals surface area (Å²) in [5.74, 6) is -0.139. The molecule has 1 aromatic heterocycles. The lowest BCUT2D eigenvalue weighted by Gasteiger charge is -2.13. The lowest BCUT2D eigenvalue weighted by Crippen LogP contribution is -2.14. The van der Waals surface area contributed by atoms with Crippen LogP contribution in [0.25, 0.3) is 10.9 Å². The van der Waals surface area contributed by atoms with E-state index in [0.717, 1.165) is 33.5 Å². The fraction of sp³-hybridized carbons (Fsp3) is 0.200. The maximum atomic E-state index is 12.6. The highest BCUT2D eigenvalue weighted by Gasteiger charge is 2.12. The molecule has 3 rings (SSSR count). The predicted molar refractivity (Wildman–Crippen MR) is 99.9 cm³/mol. The Labute approximate surface area is 142 Å². The van der Waals surface area contributed by atoms with Crippen molar-refractivity contribution in [3.63, 3.8) is 0 Å². The van der Waals surface area contributed by atoms with Gasteiger partial charge in [0.25, 0.3) is 5.91 Å². The summed E-state index contributed by atoms with van der Waals surface area (Å²) >= 11 is 0. The van der Waals surface area contributed by atoms with Crippen molar-refractivity contribution in [2.24, 2.45) is 0 Å². The maximum absolute atomic E-state index is 12.6. The summed E-state index contributed by atoms with van der Waals surface area (Å²) in [6.45, 7) is 3.90. The Balaban J connectivity index is 1.88. The largest absolute Gasteiger partial charge is 0.378 e. The topological polar surface area (TPSA) is 45.2 Å². The second-order valence-electron chi connectivity index (χ2n) is 6.21. The monoisotopic (exact) mass is 319 g/mol. The van der Waals surface area contributed by atoms with E-state index >= 15 is 0 Å². The zero-order valence-corrected chi connectivity index (χ0v) is 14.4. The smallest absolute Gasteiger partial charge is 0.257 e. The van der Waals surface area contributed by atoms with Crippen LogP contribution in [0.4, 0.5) is 11.4 Å². The summed E-state index contributed by atoms with van der Waals surface area (Å²) in [4.78, 5) is 19.2. The number of aromatic nitrogens is 1. The first-order valence-electron chi connectivity index (χ1n) is 7.91. The molecule has 24 heavy (non-hydrogen) atoms. The van der Waals surface area contributed by atoms with Crippen LogP contribution in [0.3, 0.4) is 0 Å². The Morgan fingerprint density at radius 2 is 1.71 bits per heavy atom. The summed E-state index contributed by atoms with van der Waals surface area (Å²) < 4.78 is 0. The van der Waals surface area contributed by atoms with Crippen molar-refractivity contribution in [2.75, 3.05) is 24.3 Å². The lowest BCUT2D eigenvalue weighted by molar-refractivity contribution is 0.102. The molecule has 0 unspecified atom stereocenters. The third kappa shape index (κ3) is 3.23. The van der Waals surface area contributed by atoms with Gasteiger partial charge in [-0.2, -0.15) is 0 Å². The van der Waals surface area contributed by atoms with E-state index in [0.29, 0.717) is 5.56 Å². The van der Waals surface area contributed by atoms with Gasteiger partial charge in [-0.15, -0.1) is 0 Å². The number of amides is 1. The molecule has 4 heteroatoms. The lowest BCUT2D eigenvalue weighted by atomic mass is 10.1. The standard InChI is InChI=1S/C20H21N3O/c1-13-5-6-15-12-18(14(2)21-19(15)11-13)20(24)22-16-7-9-17(10-8-16)23(3)4/h5-12H,1-4H3,(H,22,24). The summed E-state index contributed by atoms with van der Waals surface area (Å²) in [5, 5.41) is 3.92. The predicted octanol–water partition coefficient (Wildman–Crippen LogP) is 4.17. The Kier molecular flexibility index (Phi) is 4.21. The van der Waals surface area contributed by atoms with E-state index in [9.17, 15) is 4.79 Å². The normalized spacial score (nSPS) is 10.7. The number of rotatable bonds is 3. The number of hydrogen-bond acceptors (Lipinski definition) is 3. The summed E-state index contributed by atoms with van der Waals surface area (Å²) in [7, 11) is 3.97. The van der Waals surface area contributed by atoms with Crippen LogP contribution in [0.5, 0.6) is 0 Å². The third-order valence-electron chi connectivity index (χ3n) is 4.05. The van der Waals surface area contributed by atoms with Crippen LogP contribution in [0, 0.1) is 13.8 Å². The molecule has 3 aromatic rings. The van der Waals surface area contributed by atoms with E-state index in [2.05, 4.69) is 10.3 Å². The molecule has 1 heterocycles. The molecule has 2 aromatic carbocycles. The summed E-state index contributed by atoms with van der Waals surface area (Å²) in [6, 6.07) is 15.7. The number of aryl methyl sites for hydroxylation is 2. The number of fused-ring (bicyclic) bond motifs is 1. The quantitative estimate of drug-likeness (QED) is 0.788. The van der Waals surface area contributed by atoms with Crippen molar-refractivity contribution in [3.05, 3.63) is 65.4 Å². The Bertz CT molecular complexity index is 899. The van der Waals surface area contributed by atoms with E-state index in [1.807, 2.05) is 81.4 Å². The van der Waals surface area contributed by atoms with Gasteiger partial charge in [0.05, 0.1) is 16.8 Å². The van der Waals surface area contributed by atoms with Crippen molar-refractivity contribution in [1.82, 2.24) is 4.98 Å². The second kappa shape index (κ2) is 6.32. The number of carbonyl (C=O) groups excluding carboxylic acids is 1. The molecular weight excluding hydrogens is 298 g/mol. The molecule has 0 saturated carbocycles. The molecule has 0 aliphatic heterocycles. The van der Waals surface area contributed by atoms with Crippen molar-refractivity contribution in [3.8, 4) is 0 Å². The highest BCUT2D eigenvalue weighted by Crippen LogP contribution is 2.20. The molecule has 0 bridgehead atoms. The molecule has 122 valence electrons. The molecule has 0 saturated heterocycles. The van der Waals surface area contributed by atoms with Gasteiger partial charge in [0.1, 0.15) is 0 Å². The SMILES string of the molecule is Cc1ccc2cc(C(=O)Nc3ccc(N(C)C)cc3)c(C)nc2c1. The number of anilines is 2. The zero-order chi connectivity index (χ0) is 17.3. The van der Waals surface area contributed by atoms with Gasteiger partial charge in [-0.1, -0.05) is 12.1 Å². The van der Waals surface area contributed by atoms with Crippen molar-refractivity contribution in [1.29, 1.82) is 0 Å². The first-order valence-corrected chi connectivity index (χ1v) is 7.91. The fourth-order valence-corrected chi connectivity index (χ4v) is 2.64. The van der Waals surface area contributed by atoms with E-state index in [1.165, 1.54) is 0 Å². The number of nitrogens with one attached hydrogen (secondary N) is 1. The van der Waals surface area contributed by atoms with Crippen LogP contribution in [-0.2, 0) is 0 Å². The zero-order valence-electron chi connectivity index (χ0n) is 14.4. The Morgan fingerprint density at radius 1 is 1.00 bits per heavy atom. The van der Waals surface area contributed by atoms with Gasteiger partial charge in [0, 0.05) is 30.9 Å². The number of benzene rings is 2. The minimum atomic E-state index is -0.139. The van der Waals surface area contributed by atoms with Gasteiger partial charge < -0.3 is 10.2 Å². The van der Waals surface area contributed by atoms with E-state index in [4.69, 9.17) is 0 Å². The average molecular weight is 319 g/mol. The fourth-order valence-electron chi connectivity index (χ4n) is 2.64. The van der Waals surface area contributed by atoms with Crippen molar-refractivity contribution < 1.29 is 4.79 Å². The van der Waals surface area contributed by atoms with Gasteiger partial charge in [0.2, 0.25) is 0 Å². The van der Waals surface area contributed by atoms with Crippen LogP contribution in [0.1, 0.15) is 21.6 Å². The molecule has 0 spiro atoms. The molecule has 0 radical (unpaired) electrons. The van der Waals surface area contributed by atoms with Gasteiger partial charge in [-0.25, -0.2) is 0 Å². The Hall–Kier alpha value is -2.88. The van der Waals surface area contributed by atoms with Gasteiger partial charge in [0.15, 0.2) is 0 Å². The van der Waals surface area contributed by atoms with E-state index < -0.39 is 0 Å². The molecular formula is C20H21N3O. The Morgan fingerprint density at radius 3 is 2.38 bits per heavy atom. The number of hydrogen-bond donors (Lipinski definition) is 1. The molecule has 4 nitrogen and oxygen atoms in total. The van der Waals surface area contributed by atoms with Gasteiger partial charge >= 0.3 is 0 Å². The molecule has 1 N–H and O–H groups in total. The second-order valence-corrected chi connectivity index (χ2v) is 6.21. The molecule has 0 aliphatic carbocycles. The number of carbonyl (C=O) groups is 1. The number of nitrogens with zero attached hydrogens (tertiary/aromatic N) is 2. The van der Waals surface area contributed by atoms with Crippen molar-refractivity contribution >= 4 is 28.2 Å². The van der Waals surface area contributed by atoms with Crippen LogP contribution in [0.2, 0.25) is 0 Å². The van der Waals surface area contributed by atoms with Crippen LogP contribution in [0.15, 0.2) is 48.5 Å². The minimum absolute atomic E-state index is 0.139. The third-order valence-corrected chi connectivity index (χ3v) is 4.05. The summed E-state index contributed by atoms with van der Waals surface area (Å²) in [6.07, 6.45) is 0. The van der Waals surface area contributed by atoms with E-state index in [-0.39, 0.29) is 5.91 Å². The molecule has 0 atom stereocenters. The van der Waals surface area contributed by atoms with Crippen LogP contribution in [-0.4, -0.2) is 25.0 Å². The van der Waals surface area contributed by atoms with Crippen molar-refractivity contribution in [2.45, 2.75) is 13.8 Å².